The van der Waals surface area contributed by atoms with Crippen LogP contribution in [0.5, 0.6) is 11.5 Å². The van der Waals surface area contributed by atoms with Crippen molar-refractivity contribution in [2.24, 2.45) is 0 Å². The Morgan fingerprint density at radius 1 is 1.06 bits per heavy atom. The number of nitrogens with one attached hydrogen (secondary N) is 2. The molecular formula is C19H12F4N4O3S2. The number of thiazole rings is 1. The number of nitrogens with zero attached hydrogens (tertiary/aromatic N) is 2. The van der Waals surface area contributed by atoms with Crippen LogP contribution >= 0.6 is 11.3 Å². The number of halogens is 4. The zero-order valence-corrected chi connectivity index (χ0v) is 17.4. The summed E-state index contributed by atoms with van der Waals surface area (Å²) in [5, 5.41) is 7.28. The number of rotatable bonds is 6. The molecule has 7 nitrogen and oxygen atoms in total. The Balaban J connectivity index is 1.49. The summed E-state index contributed by atoms with van der Waals surface area (Å²) < 4.78 is 84.8. The molecule has 32 heavy (non-hydrogen) atoms. The molecule has 2 aromatic heterocycles. The maximum Gasteiger partial charge on any atom is 0.432 e. The van der Waals surface area contributed by atoms with Gasteiger partial charge in [0.05, 0.1) is 10.6 Å². The summed E-state index contributed by atoms with van der Waals surface area (Å²) in [6.07, 6.45) is -3.12. The average molecular weight is 484 g/mol. The minimum Gasteiger partial charge on any atom is -0.454 e. The van der Waals surface area contributed by atoms with Crippen molar-refractivity contribution in [2.75, 3.05) is 4.72 Å². The van der Waals surface area contributed by atoms with E-state index in [1.807, 2.05) is 5.10 Å². The van der Waals surface area contributed by atoms with Crippen LogP contribution < -0.4 is 9.46 Å². The van der Waals surface area contributed by atoms with Gasteiger partial charge in [0.25, 0.3) is 10.0 Å². The molecular weight excluding hydrogens is 472 g/mol. The van der Waals surface area contributed by atoms with Crippen molar-refractivity contribution < 1.29 is 30.7 Å². The summed E-state index contributed by atoms with van der Waals surface area (Å²) >= 11 is 1.07. The summed E-state index contributed by atoms with van der Waals surface area (Å²) in [5.41, 5.74) is -0.508. The summed E-state index contributed by atoms with van der Waals surface area (Å²) in [4.78, 5) is 3.50. The van der Waals surface area contributed by atoms with Crippen LogP contribution in [0.25, 0.3) is 11.3 Å². The lowest BCUT2D eigenvalue weighted by Crippen LogP contribution is -2.13. The predicted octanol–water partition coefficient (Wildman–Crippen LogP) is 5.28. The molecule has 2 N–H and O–H groups in total. The van der Waals surface area contributed by atoms with Gasteiger partial charge in [-0.25, -0.2) is 17.8 Å². The first kappa shape index (κ1) is 21.8. The van der Waals surface area contributed by atoms with E-state index in [-0.39, 0.29) is 27.2 Å². The fraction of sp³-hybridized carbons (Fsp3) is 0.0526. The second-order valence-corrected chi connectivity index (χ2v) is 8.90. The van der Waals surface area contributed by atoms with Crippen LogP contribution in [0.1, 0.15) is 5.69 Å². The van der Waals surface area contributed by atoms with Crippen molar-refractivity contribution in [1.29, 1.82) is 0 Å². The van der Waals surface area contributed by atoms with Crippen molar-refractivity contribution >= 4 is 26.5 Å². The third kappa shape index (κ3) is 4.73. The summed E-state index contributed by atoms with van der Waals surface area (Å²) in [6.45, 7) is 0. The van der Waals surface area contributed by atoms with Crippen molar-refractivity contribution in [2.45, 2.75) is 11.1 Å². The highest BCUT2D eigenvalue weighted by Crippen LogP contribution is 2.32. The molecule has 0 aliphatic rings. The molecule has 0 unspecified atom stereocenters. The third-order valence-corrected chi connectivity index (χ3v) is 6.28. The Bertz CT molecular complexity index is 1340. The summed E-state index contributed by atoms with van der Waals surface area (Å²) in [7, 11) is -4.03. The average Bonchev–Trinajstić information content (AvgIpc) is 3.41. The van der Waals surface area contributed by atoms with E-state index in [0.717, 1.165) is 29.5 Å². The van der Waals surface area contributed by atoms with Crippen molar-refractivity contribution in [3.05, 3.63) is 71.6 Å². The maximum absolute atomic E-state index is 14.5. The van der Waals surface area contributed by atoms with Gasteiger partial charge in [-0.15, -0.1) is 11.3 Å². The van der Waals surface area contributed by atoms with Gasteiger partial charge >= 0.3 is 6.18 Å². The van der Waals surface area contributed by atoms with Gasteiger partial charge in [-0.05, 0) is 48.5 Å². The molecule has 0 saturated carbocycles. The largest absolute Gasteiger partial charge is 0.454 e. The first-order chi connectivity index (χ1) is 15.1. The van der Waals surface area contributed by atoms with E-state index < -0.39 is 27.7 Å². The molecule has 0 fully saturated rings. The van der Waals surface area contributed by atoms with Gasteiger partial charge in [0.1, 0.15) is 11.4 Å². The van der Waals surface area contributed by atoms with Gasteiger partial charge in [0.2, 0.25) is 0 Å². The standard InChI is InChI=1S/C19H12F4N4O3S2/c20-14-9-13(32(28,29)27-18-24-7-8-31-18)5-6-16(14)30-12-3-1-11(2-4-12)15-10-17(26-25-15)19(21,22)23/h1-10H,(H,24,27)(H,25,26). The Morgan fingerprint density at radius 2 is 1.81 bits per heavy atom. The molecule has 2 heterocycles. The highest BCUT2D eigenvalue weighted by atomic mass is 32.2. The molecule has 0 amide bonds. The molecule has 0 aliphatic heterocycles. The smallest absolute Gasteiger partial charge is 0.432 e. The van der Waals surface area contributed by atoms with Crippen LogP contribution in [-0.2, 0) is 16.2 Å². The van der Waals surface area contributed by atoms with E-state index in [4.69, 9.17) is 4.74 Å². The molecule has 166 valence electrons. The topological polar surface area (TPSA) is 97.0 Å². The monoisotopic (exact) mass is 484 g/mol. The van der Waals surface area contributed by atoms with E-state index in [2.05, 4.69) is 14.8 Å². The number of aromatic nitrogens is 3. The SMILES string of the molecule is O=S(=O)(Nc1nccs1)c1ccc(Oc2ccc(-c3cc(C(F)(F)F)[nH]n3)cc2)c(F)c1. The fourth-order valence-electron chi connectivity index (χ4n) is 2.61. The van der Waals surface area contributed by atoms with E-state index in [9.17, 15) is 26.0 Å². The second kappa shape index (κ2) is 8.24. The Labute approximate surface area is 182 Å². The summed E-state index contributed by atoms with van der Waals surface area (Å²) in [6, 6.07) is 9.77. The highest BCUT2D eigenvalue weighted by Gasteiger charge is 2.33. The van der Waals surface area contributed by atoms with Crippen molar-refractivity contribution in [3.8, 4) is 22.8 Å². The van der Waals surface area contributed by atoms with E-state index in [0.29, 0.717) is 5.56 Å². The van der Waals surface area contributed by atoms with E-state index >= 15 is 0 Å². The van der Waals surface area contributed by atoms with Gasteiger partial charge in [0.15, 0.2) is 16.7 Å². The Hall–Kier alpha value is -3.45. The number of sulfonamides is 1. The summed E-state index contributed by atoms with van der Waals surface area (Å²) in [5.74, 6) is -0.959. The van der Waals surface area contributed by atoms with Gasteiger partial charge < -0.3 is 4.74 Å². The van der Waals surface area contributed by atoms with Crippen molar-refractivity contribution in [3.63, 3.8) is 0 Å². The van der Waals surface area contributed by atoms with Crippen LogP contribution in [0.2, 0.25) is 0 Å². The molecule has 0 saturated heterocycles. The number of benzene rings is 2. The normalized spacial score (nSPS) is 12.0. The quantitative estimate of drug-likeness (QED) is 0.363. The molecule has 4 rings (SSSR count). The zero-order chi connectivity index (χ0) is 22.9. The van der Waals surface area contributed by atoms with Gasteiger partial charge in [0, 0.05) is 17.1 Å². The number of alkyl halides is 3. The lowest BCUT2D eigenvalue weighted by molar-refractivity contribution is -0.141. The lowest BCUT2D eigenvalue weighted by Gasteiger charge is -2.10. The molecule has 13 heteroatoms. The number of hydrogen-bond donors (Lipinski definition) is 2. The Morgan fingerprint density at radius 3 is 2.41 bits per heavy atom. The fourth-order valence-corrected chi connectivity index (χ4v) is 4.41. The molecule has 4 aromatic rings. The van der Waals surface area contributed by atoms with Crippen LogP contribution in [0.4, 0.5) is 22.7 Å². The molecule has 0 aliphatic carbocycles. The van der Waals surface area contributed by atoms with Crippen molar-refractivity contribution in [1.82, 2.24) is 15.2 Å². The van der Waals surface area contributed by atoms with Crippen LogP contribution in [0, 0.1) is 5.82 Å². The highest BCUT2D eigenvalue weighted by molar-refractivity contribution is 7.93. The Kier molecular flexibility index (Phi) is 5.60. The lowest BCUT2D eigenvalue weighted by atomic mass is 10.1. The van der Waals surface area contributed by atoms with E-state index in [1.165, 1.54) is 36.5 Å². The van der Waals surface area contributed by atoms with E-state index in [1.54, 1.807) is 5.38 Å². The molecule has 0 spiro atoms. The van der Waals surface area contributed by atoms with Gasteiger partial charge in [-0.1, -0.05) is 0 Å². The number of anilines is 1. The van der Waals surface area contributed by atoms with Crippen LogP contribution in [0.15, 0.2) is 65.0 Å². The zero-order valence-electron chi connectivity index (χ0n) is 15.7. The molecule has 2 aromatic carbocycles. The van der Waals surface area contributed by atoms with Crippen LogP contribution in [-0.4, -0.2) is 23.6 Å². The molecule has 0 radical (unpaired) electrons. The third-order valence-electron chi connectivity index (χ3n) is 4.13. The predicted molar refractivity (Wildman–Crippen MR) is 108 cm³/mol. The van der Waals surface area contributed by atoms with Crippen LogP contribution in [0.3, 0.4) is 0 Å². The number of ether oxygens (including phenoxy) is 1. The molecule has 0 atom stereocenters. The first-order valence-electron chi connectivity index (χ1n) is 8.74. The molecule has 0 bridgehead atoms. The minimum atomic E-state index is -4.54. The number of aromatic amines is 1. The first-order valence-corrected chi connectivity index (χ1v) is 11.1. The van der Waals surface area contributed by atoms with Gasteiger partial charge in [-0.2, -0.15) is 18.3 Å². The minimum absolute atomic E-state index is 0.0809. The number of H-pyrrole nitrogens is 1. The van der Waals surface area contributed by atoms with Gasteiger partial charge in [-0.3, -0.25) is 9.82 Å². The number of hydrogen-bond acceptors (Lipinski definition) is 6. The second-order valence-electron chi connectivity index (χ2n) is 6.33. The maximum atomic E-state index is 14.5.